The smallest absolute Gasteiger partial charge is 0.237 e. The number of ether oxygens (including phenoxy) is 1. The molecule has 2 aliphatic rings. The lowest BCUT2D eigenvalue weighted by atomic mass is 9.97. The molecule has 204 valence electrons. The van der Waals surface area contributed by atoms with Crippen LogP contribution < -0.4 is 14.5 Å². The Morgan fingerprint density at radius 1 is 1.15 bits per heavy atom. The summed E-state index contributed by atoms with van der Waals surface area (Å²) in [5.74, 6) is -0.296. The molecule has 0 bridgehead atoms. The van der Waals surface area contributed by atoms with Crippen molar-refractivity contribution in [3.05, 3.63) is 65.8 Å². The van der Waals surface area contributed by atoms with Gasteiger partial charge in [-0.3, -0.25) is 9.69 Å². The van der Waals surface area contributed by atoms with Crippen LogP contribution in [0, 0.1) is 11.2 Å². The van der Waals surface area contributed by atoms with Crippen LogP contribution in [0.25, 0.3) is 22.3 Å². The number of β-amino-alcohol motifs (C(OH)–C–C–N with tert-alkyl or cyclic N) is 1. The third-order valence-electron chi connectivity index (χ3n) is 7.43. The van der Waals surface area contributed by atoms with E-state index in [1.807, 2.05) is 19.0 Å². The molecular weight excluding hydrogens is 523 g/mol. The lowest BCUT2D eigenvalue weighted by Crippen LogP contribution is -2.22. The van der Waals surface area contributed by atoms with Crippen molar-refractivity contribution in [3.8, 4) is 33.9 Å². The number of anilines is 2. The normalized spacial score (nSPS) is 17.6. The van der Waals surface area contributed by atoms with Gasteiger partial charge in [-0.25, -0.2) is 9.37 Å². The second kappa shape index (κ2) is 10.4. The molecule has 2 aromatic carbocycles. The maximum atomic E-state index is 14.9. The molecule has 1 atom stereocenters. The molecule has 1 unspecified atom stereocenters. The van der Waals surface area contributed by atoms with Crippen molar-refractivity contribution < 1.29 is 24.1 Å². The lowest BCUT2D eigenvalue weighted by molar-refractivity contribution is -0.106. The molecule has 2 fully saturated rings. The summed E-state index contributed by atoms with van der Waals surface area (Å²) >= 11 is 6.51. The number of hydrogen-bond donors (Lipinski definition) is 2. The number of amides is 1. The largest absolute Gasteiger partial charge is 0.507 e. The molecule has 2 N–H and O–H groups in total. The van der Waals surface area contributed by atoms with Gasteiger partial charge < -0.3 is 24.7 Å². The van der Waals surface area contributed by atoms with E-state index >= 15 is 0 Å². The molecular formula is C29H30ClFN4O4. The van der Waals surface area contributed by atoms with Crippen LogP contribution >= 0.6 is 11.6 Å². The number of rotatable bonds is 8. The fourth-order valence-electron chi connectivity index (χ4n) is 5.06. The number of nitrogens with zero attached hydrogens (tertiary/aromatic N) is 4. The Balaban J connectivity index is 1.52. The van der Waals surface area contributed by atoms with E-state index in [9.17, 15) is 19.4 Å². The summed E-state index contributed by atoms with van der Waals surface area (Å²) in [6.07, 6.45) is 6.96. The van der Waals surface area contributed by atoms with Gasteiger partial charge in [0.1, 0.15) is 17.3 Å². The minimum Gasteiger partial charge on any atom is -0.507 e. The van der Waals surface area contributed by atoms with Crippen LogP contribution in [0.15, 0.2) is 55.0 Å². The maximum absolute atomic E-state index is 14.9. The van der Waals surface area contributed by atoms with E-state index in [0.29, 0.717) is 47.9 Å². The Morgan fingerprint density at radius 2 is 1.87 bits per heavy atom. The average Bonchev–Trinajstić information content (AvgIpc) is 3.63. The van der Waals surface area contributed by atoms with Crippen LogP contribution in [0.4, 0.5) is 15.8 Å². The number of methoxy groups -OCH3 is 1. The van der Waals surface area contributed by atoms with Gasteiger partial charge >= 0.3 is 0 Å². The van der Waals surface area contributed by atoms with Crippen molar-refractivity contribution in [1.82, 2.24) is 9.88 Å². The number of benzene rings is 2. The van der Waals surface area contributed by atoms with Gasteiger partial charge in [0, 0.05) is 67.9 Å². The van der Waals surface area contributed by atoms with Gasteiger partial charge in [-0.05, 0) is 48.7 Å². The van der Waals surface area contributed by atoms with Gasteiger partial charge in [0.15, 0.2) is 0 Å². The van der Waals surface area contributed by atoms with Crippen LogP contribution in [0.1, 0.15) is 12.8 Å². The molecule has 1 aromatic heterocycles. The highest BCUT2D eigenvalue weighted by atomic mass is 35.5. The van der Waals surface area contributed by atoms with Gasteiger partial charge in [-0.15, -0.1) is 0 Å². The Labute approximate surface area is 231 Å². The summed E-state index contributed by atoms with van der Waals surface area (Å²) in [6, 6.07) is 9.16. The minimum absolute atomic E-state index is 0.0811. The highest BCUT2D eigenvalue weighted by molar-refractivity contribution is 6.34. The SMILES string of the molecule is COc1ncc(-c2cc(F)cc(-c3ccc(N(C=O)/C=C\N(C)C)c(Cl)c3)c2O)cc1N1CC(O)C2(CC2)C1. The molecule has 1 saturated heterocycles. The molecule has 1 spiro atoms. The number of aliphatic hydroxyl groups excluding tert-OH is 1. The monoisotopic (exact) mass is 552 g/mol. The summed E-state index contributed by atoms with van der Waals surface area (Å²) < 4.78 is 20.4. The van der Waals surface area contributed by atoms with Gasteiger partial charge in [-0.2, -0.15) is 0 Å². The number of aliphatic hydroxyl groups is 1. The number of halogens is 2. The Bertz CT molecular complexity index is 1440. The summed E-state index contributed by atoms with van der Waals surface area (Å²) in [5, 5.41) is 22.1. The lowest BCUT2D eigenvalue weighted by Gasteiger charge is -2.21. The molecule has 0 radical (unpaired) electrons. The highest BCUT2D eigenvalue weighted by Crippen LogP contribution is 2.54. The molecule has 1 saturated carbocycles. The predicted molar refractivity (Wildman–Crippen MR) is 150 cm³/mol. The van der Waals surface area contributed by atoms with Crippen LogP contribution in [0.3, 0.4) is 0 Å². The maximum Gasteiger partial charge on any atom is 0.237 e. The third kappa shape index (κ3) is 5.12. The molecule has 3 aromatic rings. The minimum atomic E-state index is -0.549. The van der Waals surface area contributed by atoms with E-state index < -0.39 is 11.9 Å². The summed E-state index contributed by atoms with van der Waals surface area (Å²) in [6.45, 7) is 1.14. The second-order valence-corrected chi connectivity index (χ2v) is 10.7. The zero-order valence-electron chi connectivity index (χ0n) is 21.9. The molecule has 1 aliphatic carbocycles. The molecule has 1 amide bonds. The molecule has 10 heteroatoms. The van der Waals surface area contributed by atoms with Crippen LogP contribution in [-0.2, 0) is 4.79 Å². The summed E-state index contributed by atoms with van der Waals surface area (Å²) in [7, 11) is 5.18. The van der Waals surface area contributed by atoms with Gasteiger partial charge in [0.2, 0.25) is 12.3 Å². The fourth-order valence-corrected chi connectivity index (χ4v) is 5.34. The predicted octanol–water partition coefficient (Wildman–Crippen LogP) is 4.88. The van der Waals surface area contributed by atoms with E-state index in [4.69, 9.17) is 16.3 Å². The first-order valence-corrected chi connectivity index (χ1v) is 12.9. The third-order valence-corrected chi connectivity index (χ3v) is 7.73. The zero-order valence-corrected chi connectivity index (χ0v) is 22.7. The highest BCUT2D eigenvalue weighted by Gasteiger charge is 2.55. The van der Waals surface area contributed by atoms with Crippen molar-refractivity contribution >= 4 is 29.4 Å². The van der Waals surface area contributed by atoms with E-state index in [2.05, 4.69) is 4.98 Å². The number of phenols is 1. The standard InChI is InChI=1S/C29H30ClFN4O4/c1-33(2)8-9-34(17-36)24-5-4-18(10-23(24)30)21-12-20(31)13-22(27(21)38)19-11-25(28(39-3)32-14-19)35-15-26(37)29(16-35)6-7-29/h4-5,8-14,17,26,37-38H,6-7,15-16H2,1-3H3/b9-8-. The summed E-state index contributed by atoms with van der Waals surface area (Å²) in [5.41, 5.74) is 2.51. The molecule has 2 heterocycles. The quantitative estimate of drug-likeness (QED) is 0.385. The first-order chi connectivity index (χ1) is 18.7. The first kappa shape index (κ1) is 26.8. The van der Waals surface area contributed by atoms with Crippen molar-refractivity contribution in [1.29, 1.82) is 0 Å². The molecule has 5 rings (SSSR count). The number of phenolic OH excluding ortho intramolecular Hbond substituents is 1. The van der Waals surface area contributed by atoms with Crippen molar-refractivity contribution in [2.75, 3.05) is 44.1 Å². The topological polar surface area (TPSA) is 89.4 Å². The van der Waals surface area contributed by atoms with Crippen molar-refractivity contribution in [3.63, 3.8) is 0 Å². The first-order valence-electron chi connectivity index (χ1n) is 12.5. The molecule has 39 heavy (non-hydrogen) atoms. The van der Waals surface area contributed by atoms with E-state index in [-0.39, 0.29) is 27.3 Å². The van der Waals surface area contributed by atoms with E-state index in [1.54, 1.807) is 41.6 Å². The number of hydrogen-bond acceptors (Lipinski definition) is 7. The van der Waals surface area contributed by atoms with E-state index in [0.717, 1.165) is 12.8 Å². The number of pyridine rings is 1. The van der Waals surface area contributed by atoms with Gasteiger partial charge in [-0.1, -0.05) is 17.7 Å². The van der Waals surface area contributed by atoms with E-state index in [1.165, 1.54) is 30.3 Å². The average molecular weight is 553 g/mol. The Hall–Kier alpha value is -3.82. The number of aromatic nitrogens is 1. The van der Waals surface area contributed by atoms with Gasteiger partial charge in [0.05, 0.1) is 23.9 Å². The van der Waals surface area contributed by atoms with Crippen LogP contribution in [0.2, 0.25) is 5.02 Å². The van der Waals surface area contributed by atoms with Gasteiger partial charge in [0.25, 0.3) is 0 Å². The molecule has 8 nitrogen and oxygen atoms in total. The van der Waals surface area contributed by atoms with Crippen molar-refractivity contribution in [2.24, 2.45) is 5.41 Å². The Kier molecular flexibility index (Phi) is 7.13. The van der Waals surface area contributed by atoms with Crippen LogP contribution in [0.5, 0.6) is 11.6 Å². The molecule has 1 aliphatic heterocycles. The van der Waals surface area contributed by atoms with Crippen LogP contribution in [-0.4, -0.2) is 66.9 Å². The zero-order chi connectivity index (χ0) is 27.9. The number of aromatic hydroxyl groups is 1. The van der Waals surface area contributed by atoms with Crippen molar-refractivity contribution in [2.45, 2.75) is 18.9 Å². The summed E-state index contributed by atoms with van der Waals surface area (Å²) in [4.78, 5) is 21.2. The number of carbonyl (C=O) groups excluding carboxylic acids is 1. The fraction of sp³-hybridized carbons (Fsp3) is 0.310. The Morgan fingerprint density at radius 3 is 2.46 bits per heavy atom. The second-order valence-electron chi connectivity index (χ2n) is 10.3. The number of carbonyl (C=O) groups is 1.